The highest BCUT2D eigenvalue weighted by molar-refractivity contribution is 5.95. The van der Waals surface area contributed by atoms with Crippen molar-refractivity contribution in [2.24, 2.45) is 5.41 Å². The number of ether oxygens (including phenoxy) is 1. The van der Waals surface area contributed by atoms with Crippen molar-refractivity contribution in [1.29, 1.82) is 0 Å². The minimum absolute atomic E-state index is 0.00183. The molecule has 5 nitrogen and oxygen atoms in total. The smallest absolute Gasteiger partial charge is 0.253 e. The van der Waals surface area contributed by atoms with Gasteiger partial charge < -0.3 is 15.0 Å². The minimum Gasteiger partial charge on any atom is -0.497 e. The van der Waals surface area contributed by atoms with Crippen LogP contribution in [0.25, 0.3) is 0 Å². The second-order valence-corrected chi connectivity index (χ2v) is 8.22. The number of benzene rings is 2. The first-order valence-corrected chi connectivity index (χ1v) is 10.1. The Bertz CT molecular complexity index is 891. The van der Waals surface area contributed by atoms with Crippen LogP contribution in [0.5, 0.6) is 5.75 Å². The number of likely N-dealkylation sites (tertiary alicyclic amines) is 1. The van der Waals surface area contributed by atoms with Crippen LogP contribution in [-0.4, -0.2) is 36.9 Å². The highest BCUT2D eigenvalue weighted by Gasteiger charge is 2.39. The van der Waals surface area contributed by atoms with Crippen LogP contribution < -0.4 is 10.1 Å². The maximum absolute atomic E-state index is 13.0. The Kier molecular flexibility index (Phi) is 6.26. The largest absolute Gasteiger partial charge is 0.497 e. The summed E-state index contributed by atoms with van der Waals surface area (Å²) in [6.07, 6.45) is 1.60. The van der Waals surface area contributed by atoms with Crippen LogP contribution >= 0.6 is 0 Å². The van der Waals surface area contributed by atoms with Crippen molar-refractivity contribution < 1.29 is 14.3 Å². The number of aryl methyl sites for hydroxylation is 2. The molecule has 1 atom stereocenters. The van der Waals surface area contributed by atoms with Gasteiger partial charge in [0.2, 0.25) is 5.91 Å². The molecule has 1 aliphatic heterocycles. The Morgan fingerprint density at radius 3 is 2.48 bits per heavy atom. The molecule has 2 aromatic carbocycles. The zero-order valence-electron chi connectivity index (χ0n) is 17.7. The fraction of sp³-hybridized carbons (Fsp3) is 0.417. The molecule has 0 aliphatic carbocycles. The van der Waals surface area contributed by atoms with Crippen molar-refractivity contribution in [3.05, 3.63) is 64.7 Å². The van der Waals surface area contributed by atoms with E-state index in [0.29, 0.717) is 25.2 Å². The molecular weight excluding hydrogens is 364 g/mol. The maximum atomic E-state index is 13.0. The van der Waals surface area contributed by atoms with E-state index in [1.54, 1.807) is 7.11 Å². The predicted molar refractivity (Wildman–Crippen MR) is 114 cm³/mol. The lowest BCUT2D eigenvalue weighted by Crippen LogP contribution is -2.51. The van der Waals surface area contributed by atoms with Crippen molar-refractivity contribution in [1.82, 2.24) is 10.2 Å². The number of hydrogen-bond acceptors (Lipinski definition) is 3. The molecule has 2 aromatic rings. The number of nitrogens with zero attached hydrogens (tertiary/aromatic N) is 1. The number of nitrogens with one attached hydrogen (secondary N) is 1. The Labute approximate surface area is 173 Å². The standard InChI is InChI=1S/C24H30N2O3/c1-17-6-9-20(14-18(17)2)22(27)26-13-5-12-24(3,16-26)23(28)25-15-19-7-10-21(29-4)11-8-19/h6-11,14H,5,12-13,15-16H2,1-4H3,(H,25,28)/t24-/m0/s1. The van der Waals surface area contributed by atoms with Crippen LogP contribution in [0.2, 0.25) is 0 Å². The van der Waals surface area contributed by atoms with Gasteiger partial charge in [-0.2, -0.15) is 0 Å². The van der Waals surface area contributed by atoms with E-state index in [0.717, 1.165) is 29.7 Å². The molecule has 0 bridgehead atoms. The Hall–Kier alpha value is -2.82. The lowest BCUT2D eigenvalue weighted by molar-refractivity contribution is -0.132. The fourth-order valence-corrected chi connectivity index (χ4v) is 3.79. The molecular formula is C24H30N2O3. The van der Waals surface area contributed by atoms with Gasteiger partial charge in [0.25, 0.3) is 5.91 Å². The van der Waals surface area contributed by atoms with E-state index in [1.165, 1.54) is 5.56 Å². The van der Waals surface area contributed by atoms with Crippen LogP contribution in [0.15, 0.2) is 42.5 Å². The minimum atomic E-state index is -0.583. The molecule has 0 unspecified atom stereocenters. The molecule has 0 aromatic heterocycles. The van der Waals surface area contributed by atoms with E-state index in [9.17, 15) is 9.59 Å². The molecule has 0 saturated carbocycles. The van der Waals surface area contributed by atoms with Gasteiger partial charge in [-0.15, -0.1) is 0 Å². The van der Waals surface area contributed by atoms with Crippen molar-refractivity contribution in [2.45, 2.75) is 40.2 Å². The first-order valence-electron chi connectivity index (χ1n) is 10.1. The number of amides is 2. The summed E-state index contributed by atoms with van der Waals surface area (Å²) >= 11 is 0. The summed E-state index contributed by atoms with van der Waals surface area (Å²) in [7, 11) is 1.63. The number of piperidine rings is 1. The molecule has 1 N–H and O–H groups in total. The second kappa shape index (κ2) is 8.68. The van der Waals surface area contributed by atoms with Gasteiger partial charge >= 0.3 is 0 Å². The van der Waals surface area contributed by atoms with Gasteiger partial charge in [0.05, 0.1) is 12.5 Å². The predicted octanol–water partition coefficient (Wildman–Crippen LogP) is 3.87. The molecule has 5 heteroatoms. The first kappa shape index (κ1) is 20.9. The number of carbonyl (C=O) groups excluding carboxylic acids is 2. The summed E-state index contributed by atoms with van der Waals surface area (Å²) in [4.78, 5) is 27.8. The summed E-state index contributed by atoms with van der Waals surface area (Å²) in [5.74, 6) is 0.785. The lowest BCUT2D eigenvalue weighted by Gasteiger charge is -2.39. The molecule has 154 valence electrons. The third-order valence-corrected chi connectivity index (χ3v) is 5.90. The fourth-order valence-electron chi connectivity index (χ4n) is 3.79. The topological polar surface area (TPSA) is 58.6 Å². The highest BCUT2D eigenvalue weighted by Crippen LogP contribution is 2.31. The summed E-state index contributed by atoms with van der Waals surface area (Å²) in [5, 5.41) is 3.04. The number of rotatable bonds is 5. The quantitative estimate of drug-likeness (QED) is 0.837. The average molecular weight is 395 g/mol. The summed E-state index contributed by atoms with van der Waals surface area (Å²) in [6, 6.07) is 13.4. The summed E-state index contributed by atoms with van der Waals surface area (Å²) in [5.41, 5.74) is 3.40. The molecule has 0 radical (unpaired) electrons. The van der Waals surface area contributed by atoms with Gasteiger partial charge in [0.15, 0.2) is 0 Å². The molecule has 29 heavy (non-hydrogen) atoms. The molecule has 1 fully saturated rings. The van der Waals surface area contributed by atoms with Crippen LogP contribution in [-0.2, 0) is 11.3 Å². The van der Waals surface area contributed by atoms with Gasteiger partial charge in [-0.1, -0.05) is 18.2 Å². The van der Waals surface area contributed by atoms with Crippen LogP contribution in [0.1, 0.15) is 46.8 Å². The zero-order chi connectivity index (χ0) is 21.0. The first-order chi connectivity index (χ1) is 13.8. The van der Waals surface area contributed by atoms with Gasteiger partial charge in [-0.25, -0.2) is 0 Å². The Morgan fingerprint density at radius 1 is 1.10 bits per heavy atom. The summed E-state index contributed by atoms with van der Waals surface area (Å²) < 4.78 is 5.17. The monoisotopic (exact) mass is 394 g/mol. The van der Waals surface area contributed by atoms with Crippen LogP contribution in [0.4, 0.5) is 0 Å². The van der Waals surface area contributed by atoms with E-state index in [-0.39, 0.29) is 11.8 Å². The zero-order valence-corrected chi connectivity index (χ0v) is 17.7. The second-order valence-electron chi connectivity index (χ2n) is 8.22. The van der Waals surface area contributed by atoms with Gasteiger partial charge in [0.1, 0.15) is 5.75 Å². The van der Waals surface area contributed by atoms with E-state index in [1.807, 2.05) is 68.1 Å². The van der Waals surface area contributed by atoms with Crippen molar-refractivity contribution in [2.75, 3.05) is 20.2 Å². The van der Waals surface area contributed by atoms with Crippen LogP contribution in [0, 0.1) is 19.3 Å². The molecule has 1 heterocycles. The van der Waals surface area contributed by atoms with Gasteiger partial charge in [-0.3, -0.25) is 9.59 Å². The maximum Gasteiger partial charge on any atom is 0.253 e. The molecule has 3 rings (SSSR count). The van der Waals surface area contributed by atoms with E-state index < -0.39 is 5.41 Å². The normalized spacial score (nSPS) is 19.0. The molecule has 0 spiro atoms. The highest BCUT2D eigenvalue weighted by atomic mass is 16.5. The van der Waals surface area contributed by atoms with Crippen molar-refractivity contribution >= 4 is 11.8 Å². The Balaban J connectivity index is 1.64. The van der Waals surface area contributed by atoms with Crippen molar-refractivity contribution in [3.63, 3.8) is 0 Å². The van der Waals surface area contributed by atoms with E-state index in [4.69, 9.17) is 4.74 Å². The number of methoxy groups -OCH3 is 1. The third-order valence-electron chi connectivity index (χ3n) is 5.90. The molecule has 1 saturated heterocycles. The van der Waals surface area contributed by atoms with Crippen molar-refractivity contribution in [3.8, 4) is 5.75 Å². The molecule has 1 aliphatic rings. The summed E-state index contributed by atoms with van der Waals surface area (Å²) in [6.45, 7) is 7.59. The third kappa shape index (κ3) is 4.78. The van der Waals surface area contributed by atoms with Gasteiger partial charge in [0, 0.05) is 25.2 Å². The average Bonchev–Trinajstić information content (AvgIpc) is 2.73. The lowest BCUT2D eigenvalue weighted by atomic mass is 9.80. The van der Waals surface area contributed by atoms with Crippen LogP contribution in [0.3, 0.4) is 0 Å². The SMILES string of the molecule is COc1ccc(CNC(=O)[C@@]2(C)CCCN(C(=O)c3ccc(C)c(C)c3)C2)cc1. The van der Waals surface area contributed by atoms with Gasteiger partial charge in [-0.05, 0) is 74.6 Å². The Morgan fingerprint density at radius 2 is 1.83 bits per heavy atom. The molecule has 2 amide bonds. The van der Waals surface area contributed by atoms with E-state index >= 15 is 0 Å². The number of hydrogen-bond donors (Lipinski definition) is 1. The number of carbonyl (C=O) groups is 2. The van der Waals surface area contributed by atoms with E-state index in [2.05, 4.69) is 5.32 Å².